The van der Waals surface area contributed by atoms with E-state index in [-0.39, 0.29) is 17.9 Å². The van der Waals surface area contributed by atoms with Crippen molar-refractivity contribution >= 4 is 40.8 Å². The number of halogens is 3. The lowest BCUT2D eigenvalue weighted by molar-refractivity contribution is -0.139. The first-order chi connectivity index (χ1) is 16.7. The molecule has 3 aromatic rings. The largest absolute Gasteiger partial charge is 0.481 e. The van der Waals surface area contributed by atoms with Crippen molar-refractivity contribution in [3.63, 3.8) is 0 Å². The fourth-order valence-corrected chi connectivity index (χ4v) is 5.12. The summed E-state index contributed by atoms with van der Waals surface area (Å²) in [6.45, 7) is 5.74. The Hall–Kier alpha value is -2.50. The smallest absolute Gasteiger partial charge is 0.341 e. The second kappa shape index (κ2) is 11.0. The maximum absolute atomic E-state index is 11.2. The number of rotatable bonds is 7. The molecule has 1 heterocycles. The highest BCUT2D eigenvalue weighted by atomic mass is 35.5. The summed E-state index contributed by atoms with van der Waals surface area (Å²) in [6, 6.07) is 20.7. The molecule has 1 aliphatic rings. The molecule has 0 unspecified atom stereocenters. The van der Waals surface area contributed by atoms with Gasteiger partial charge in [0, 0.05) is 32.5 Å². The normalized spacial score (nSPS) is 21.9. The Morgan fingerprint density at radius 2 is 1.66 bits per heavy atom. The lowest BCUT2D eigenvalue weighted by Gasteiger charge is -2.43. The molecule has 0 radical (unpaired) electrons. The molecular formula is C28H25Cl3O4. The van der Waals surface area contributed by atoms with Crippen LogP contribution >= 0.6 is 34.8 Å². The monoisotopic (exact) mass is 530 g/mol. The van der Waals surface area contributed by atoms with Gasteiger partial charge in [0.1, 0.15) is 5.75 Å². The summed E-state index contributed by atoms with van der Waals surface area (Å²) in [5.74, 6) is -0.747. The van der Waals surface area contributed by atoms with Crippen LogP contribution in [0.4, 0.5) is 0 Å². The van der Waals surface area contributed by atoms with Gasteiger partial charge >= 0.3 is 5.97 Å². The average Bonchev–Trinajstić information content (AvgIpc) is 2.82. The van der Waals surface area contributed by atoms with Crippen LogP contribution in [0.5, 0.6) is 5.75 Å². The SMILES string of the molecule is C=C(C)[C@H]1C[C@H](c2cccc(Cl)c2)[C@H](c2ccc(Cl)cc2)O[C@@H]1c1ccc(Cl)cc1OCC(=O)O. The Labute approximate surface area is 220 Å². The average molecular weight is 532 g/mol. The van der Waals surface area contributed by atoms with Gasteiger partial charge < -0.3 is 14.6 Å². The number of benzene rings is 3. The molecule has 182 valence electrons. The molecule has 35 heavy (non-hydrogen) atoms. The molecule has 0 amide bonds. The molecule has 1 saturated heterocycles. The third-order valence-corrected chi connectivity index (χ3v) is 7.00. The first kappa shape index (κ1) is 25.6. The molecule has 4 rings (SSSR count). The summed E-state index contributed by atoms with van der Waals surface area (Å²) in [4.78, 5) is 11.2. The minimum Gasteiger partial charge on any atom is -0.481 e. The van der Waals surface area contributed by atoms with Gasteiger partial charge in [-0.05, 0) is 60.9 Å². The van der Waals surface area contributed by atoms with E-state index in [0.29, 0.717) is 20.8 Å². The number of carboxylic acid groups (broad SMARTS) is 1. The second-order valence-corrected chi connectivity index (χ2v) is 10.1. The van der Waals surface area contributed by atoms with Crippen molar-refractivity contribution in [1.82, 2.24) is 0 Å². The Bertz CT molecular complexity index is 1230. The molecule has 0 aliphatic carbocycles. The third-order valence-electron chi connectivity index (χ3n) is 6.27. The zero-order chi connectivity index (χ0) is 25.1. The van der Waals surface area contributed by atoms with E-state index in [2.05, 4.69) is 12.6 Å². The maximum atomic E-state index is 11.2. The lowest BCUT2D eigenvalue weighted by Crippen LogP contribution is -2.32. The van der Waals surface area contributed by atoms with E-state index in [1.54, 1.807) is 12.1 Å². The molecule has 1 aliphatic heterocycles. The number of carboxylic acids is 1. The number of hydrogen-bond donors (Lipinski definition) is 1. The van der Waals surface area contributed by atoms with Crippen molar-refractivity contribution in [2.24, 2.45) is 5.92 Å². The van der Waals surface area contributed by atoms with Crippen LogP contribution < -0.4 is 4.74 Å². The van der Waals surface area contributed by atoms with Crippen molar-refractivity contribution in [3.05, 3.63) is 111 Å². The van der Waals surface area contributed by atoms with Crippen LogP contribution in [0.15, 0.2) is 78.9 Å². The second-order valence-electron chi connectivity index (χ2n) is 8.74. The van der Waals surface area contributed by atoms with E-state index in [4.69, 9.17) is 49.4 Å². The minimum absolute atomic E-state index is 0.00325. The summed E-state index contributed by atoms with van der Waals surface area (Å²) < 4.78 is 12.5. The van der Waals surface area contributed by atoms with Crippen LogP contribution in [0.3, 0.4) is 0 Å². The summed E-state index contributed by atoms with van der Waals surface area (Å²) in [6.07, 6.45) is 0.00765. The van der Waals surface area contributed by atoms with Gasteiger partial charge in [-0.2, -0.15) is 0 Å². The van der Waals surface area contributed by atoms with Crippen LogP contribution in [0, 0.1) is 5.92 Å². The van der Waals surface area contributed by atoms with Gasteiger partial charge in [-0.1, -0.05) is 77.3 Å². The van der Waals surface area contributed by atoms with Crippen molar-refractivity contribution in [1.29, 1.82) is 0 Å². The van der Waals surface area contributed by atoms with Gasteiger partial charge in [-0.25, -0.2) is 4.79 Å². The fraction of sp³-hybridized carbons (Fsp3) is 0.250. The predicted octanol–water partition coefficient (Wildman–Crippen LogP) is 8.29. The van der Waals surface area contributed by atoms with E-state index in [0.717, 1.165) is 28.7 Å². The van der Waals surface area contributed by atoms with Crippen LogP contribution in [0.2, 0.25) is 15.1 Å². The van der Waals surface area contributed by atoms with Gasteiger partial charge in [0.2, 0.25) is 0 Å². The van der Waals surface area contributed by atoms with E-state index in [9.17, 15) is 4.79 Å². The predicted molar refractivity (Wildman–Crippen MR) is 140 cm³/mol. The molecule has 3 aromatic carbocycles. The molecule has 0 spiro atoms. The van der Waals surface area contributed by atoms with E-state index in [1.807, 2.05) is 55.5 Å². The van der Waals surface area contributed by atoms with Gasteiger partial charge in [0.05, 0.1) is 12.2 Å². The first-order valence-electron chi connectivity index (χ1n) is 11.2. The molecule has 0 saturated carbocycles. The van der Waals surface area contributed by atoms with Gasteiger partial charge in [0.25, 0.3) is 0 Å². The summed E-state index contributed by atoms with van der Waals surface area (Å²) in [7, 11) is 0. The van der Waals surface area contributed by atoms with E-state index in [1.165, 1.54) is 0 Å². The Balaban J connectivity index is 1.80. The molecule has 4 atom stereocenters. The Morgan fingerprint density at radius 3 is 2.31 bits per heavy atom. The standard InChI is InChI=1S/C28H25Cl3O4/c1-16(2)23-14-24(18-4-3-5-20(30)12-18)27(17-6-8-19(29)9-7-17)35-28(23)22-11-10-21(31)13-25(22)34-15-26(32)33/h3-13,23-24,27-28H,1,14-15H2,2H3,(H,32,33)/t23-,24-,27+,28-/m1/s1. The molecule has 1 fully saturated rings. The minimum atomic E-state index is -1.07. The summed E-state index contributed by atoms with van der Waals surface area (Å²) in [5, 5.41) is 10.9. The number of hydrogen-bond acceptors (Lipinski definition) is 3. The van der Waals surface area contributed by atoms with Gasteiger partial charge in [-0.3, -0.25) is 0 Å². The van der Waals surface area contributed by atoms with Crippen LogP contribution in [-0.2, 0) is 9.53 Å². The molecule has 1 N–H and O–H groups in total. The van der Waals surface area contributed by atoms with Crippen molar-refractivity contribution < 1.29 is 19.4 Å². The zero-order valence-corrected chi connectivity index (χ0v) is 21.4. The third kappa shape index (κ3) is 6.02. The molecule has 7 heteroatoms. The molecule has 0 aromatic heterocycles. The highest BCUT2D eigenvalue weighted by Crippen LogP contribution is 2.53. The first-order valence-corrected chi connectivity index (χ1v) is 12.3. The molecule has 4 nitrogen and oxygen atoms in total. The zero-order valence-electron chi connectivity index (χ0n) is 19.1. The van der Waals surface area contributed by atoms with Gasteiger partial charge in [-0.15, -0.1) is 0 Å². The van der Waals surface area contributed by atoms with Crippen LogP contribution in [0.25, 0.3) is 0 Å². The van der Waals surface area contributed by atoms with Crippen LogP contribution in [-0.4, -0.2) is 17.7 Å². The highest BCUT2D eigenvalue weighted by molar-refractivity contribution is 6.31. The fourth-order valence-electron chi connectivity index (χ4n) is 4.64. The topological polar surface area (TPSA) is 55.8 Å². The lowest BCUT2D eigenvalue weighted by atomic mass is 9.74. The quantitative estimate of drug-likeness (QED) is 0.312. The number of ether oxygens (including phenoxy) is 2. The molecular weight excluding hydrogens is 507 g/mol. The highest BCUT2D eigenvalue weighted by Gasteiger charge is 2.41. The molecule has 0 bridgehead atoms. The number of carbonyl (C=O) groups is 1. The van der Waals surface area contributed by atoms with Crippen molar-refractivity contribution in [2.45, 2.75) is 31.5 Å². The summed E-state index contributed by atoms with van der Waals surface area (Å²) >= 11 is 18.7. The van der Waals surface area contributed by atoms with Crippen LogP contribution in [0.1, 0.15) is 48.2 Å². The Kier molecular flexibility index (Phi) is 8.08. The van der Waals surface area contributed by atoms with Crippen molar-refractivity contribution in [2.75, 3.05) is 6.61 Å². The van der Waals surface area contributed by atoms with E-state index < -0.39 is 18.7 Å². The van der Waals surface area contributed by atoms with Crippen molar-refractivity contribution in [3.8, 4) is 5.75 Å². The summed E-state index contributed by atoms with van der Waals surface area (Å²) in [5.41, 5.74) is 3.73. The van der Waals surface area contributed by atoms with Gasteiger partial charge in [0.15, 0.2) is 6.61 Å². The maximum Gasteiger partial charge on any atom is 0.341 e. The number of aliphatic carboxylic acids is 1. The Morgan fingerprint density at radius 1 is 0.971 bits per heavy atom. The van der Waals surface area contributed by atoms with E-state index >= 15 is 0 Å².